The van der Waals surface area contributed by atoms with E-state index < -0.39 is 6.04 Å². The van der Waals surface area contributed by atoms with E-state index in [1.807, 2.05) is 35.2 Å². The molecule has 1 N–H and O–H groups in total. The van der Waals surface area contributed by atoms with Crippen molar-refractivity contribution < 1.29 is 9.59 Å². The summed E-state index contributed by atoms with van der Waals surface area (Å²) in [7, 11) is 0. The predicted molar refractivity (Wildman–Crippen MR) is 121 cm³/mol. The van der Waals surface area contributed by atoms with Crippen molar-refractivity contribution in [1.29, 1.82) is 0 Å². The van der Waals surface area contributed by atoms with Crippen molar-refractivity contribution in [3.63, 3.8) is 0 Å². The number of fused-ring (bicyclic) bond motifs is 1. The van der Waals surface area contributed by atoms with Gasteiger partial charge >= 0.3 is 0 Å². The highest BCUT2D eigenvalue weighted by atomic mass is 35.5. The number of benzene rings is 2. The first-order valence-corrected chi connectivity index (χ1v) is 11.2. The summed E-state index contributed by atoms with van der Waals surface area (Å²) in [4.78, 5) is 28.6. The van der Waals surface area contributed by atoms with Crippen molar-refractivity contribution in [3.05, 3.63) is 92.6 Å². The Morgan fingerprint density at radius 3 is 2.57 bits per heavy atom. The molecule has 154 valence electrons. The maximum atomic E-state index is 13.5. The lowest BCUT2D eigenvalue weighted by Crippen LogP contribution is -2.42. The molecule has 1 aliphatic heterocycles. The van der Waals surface area contributed by atoms with Crippen LogP contribution in [0.1, 0.15) is 47.0 Å². The molecule has 1 aromatic heterocycles. The molecule has 0 saturated carbocycles. The minimum absolute atomic E-state index is 0.0226. The lowest BCUT2D eigenvalue weighted by Gasteiger charge is -2.37. The number of carbonyl (C=O) groups is 2. The topological polar surface area (TPSA) is 49.4 Å². The highest BCUT2D eigenvalue weighted by Crippen LogP contribution is 2.38. The number of thiophene rings is 1. The fourth-order valence-corrected chi connectivity index (χ4v) is 5.09. The molecular weight excluding hydrogens is 416 g/mol. The third-order valence-corrected chi connectivity index (χ3v) is 6.68. The van der Waals surface area contributed by atoms with Crippen molar-refractivity contribution in [1.82, 2.24) is 10.2 Å². The molecule has 0 bridgehead atoms. The van der Waals surface area contributed by atoms with E-state index in [1.165, 1.54) is 17.4 Å². The fraction of sp³-hybridized carbons (Fsp3) is 0.250. The van der Waals surface area contributed by atoms with Gasteiger partial charge < -0.3 is 10.2 Å². The fourth-order valence-electron chi connectivity index (χ4n) is 4.06. The van der Waals surface area contributed by atoms with Crippen LogP contribution in [0.15, 0.2) is 66.0 Å². The Hall–Kier alpha value is -2.63. The van der Waals surface area contributed by atoms with Gasteiger partial charge in [0.05, 0.1) is 18.5 Å². The van der Waals surface area contributed by atoms with Crippen molar-refractivity contribution >= 4 is 34.8 Å². The average Bonchev–Trinajstić information content (AvgIpc) is 3.22. The number of rotatable bonds is 5. The molecular formula is C24H23ClN2O2S. The Bertz CT molecular complexity index is 1030. The first-order chi connectivity index (χ1) is 14.5. The van der Waals surface area contributed by atoms with Gasteiger partial charge in [-0.25, -0.2) is 0 Å². The molecule has 30 heavy (non-hydrogen) atoms. The summed E-state index contributed by atoms with van der Waals surface area (Å²) >= 11 is 7.76. The van der Waals surface area contributed by atoms with Crippen LogP contribution >= 0.6 is 22.9 Å². The van der Waals surface area contributed by atoms with Crippen LogP contribution in [0.2, 0.25) is 5.02 Å². The molecule has 4 nitrogen and oxygen atoms in total. The van der Waals surface area contributed by atoms with Crippen LogP contribution in [0.25, 0.3) is 0 Å². The van der Waals surface area contributed by atoms with Gasteiger partial charge in [-0.1, -0.05) is 54.1 Å². The maximum Gasteiger partial charge on any atom is 0.225 e. The maximum absolute atomic E-state index is 13.5. The Morgan fingerprint density at radius 2 is 1.87 bits per heavy atom. The second-order valence-corrected chi connectivity index (χ2v) is 8.90. The monoisotopic (exact) mass is 438 g/mol. The van der Waals surface area contributed by atoms with E-state index in [2.05, 4.69) is 28.9 Å². The van der Waals surface area contributed by atoms with Gasteiger partial charge in [-0.3, -0.25) is 9.59 Å². The normalized spacial score (nSPS) is 16.6. The number of nitrogens with one attached hydrogen (secondary N) is 1. The van der Waals surface area contributed by atoms with E-state index >= 15 is 0 Å². The van der Waals surface area contributed by atoms with Crippen LogP contribution in [0.4, 0.5) is 0 Å². The highest BCUT2D eigenvalue weighted by molar-refractivity contribution is 7.10. The standard InChI is InChI=1S/C24H23ClN2O2S/c1-16(28)26-21(17-7-9-19(25)10-8-17)15-23(29)27-13-11-22-20(12-14-30-22)24(27)18-5-3-2-4-6-18/h2-10,12,14,21,24H,11,13,15H2,1H3,(H,26,28)/t21-,24-/m0/s1. The van der Waals surface area contributed by atoms with E-state index in [-0.39, 0.29) is 24.3 Å². The van der Waals surface area contributed by atoms with Gasteiger partial charge in [0.25, 0.3) is 0 Å². The van der Waals surface area contributed by atoms with E-state index in [4.69, 9.17) is 11.6 Å². The van der Waals surface area contributed by atoms with Gasteiger partial charge in [-0.15, -0.1) is 11.3 Å². The molecule has 2 atom stereocenters. The van der Waals surface area contributed by atoms with Gasteiger partial charge in [-0.05, 0) is 46.7 Å². The zero-order valence-corrected chi connectivity index (χ0v) is 18.2. The minimum Gasteiger partial charge on any atom is -0.349 e. The Morgan fingerprint density at radius 1 is 1.13 bits per heavy atom. The van der Waals surface area contributed by atoms with Gasteiger partial charge in [-0.2, -0.15) is 0 Å². The quantitative estimate of drug-likeness (QED) is 0.599. The Balaban J connectivity index is 1.63. The van der Waals surface area contributed by atoms with Crippen LogP contribution < -0.4 is 5.32 Å². The molecule has 0 spiro atoms. The number of halogens is 1. The summed E-state index contributed by atoms with van der Waals surface area (Å²) in [6.07, 6.45) is 1.05. The third kappa shape index (κ3) is 4.42. The van der Waals surface area contributed by atoms with E-state index in [0.29, 0.717) is 11.6 Å². The van der Waals surface area contributed by atoms with Gasteiger partial charge in [0.2, 0.25) is 11.8 Å². The minimum atomic E-state index is -0.396. The number of amides is 2. The highest BCUT2D eigenvalue weighted by Gasteiger charge is 2.33. The SMILES string of the molecule is CC(=O)N[C@@H](CC(=O)N1CCc2sccc2[C@@H]1c1ccccc1)c1ccc(Cl)cc1. The number of carbonyl (C=O) groups excluding carboxylic acids is 2. The summed E-state index contributed by atoms with van der Waals surface area (Å²) in [6.45, 7) is 2.14. The molecule has 2 heterocycles. The van der Waals surface area contributed by atoms with Gasteiger partial charge in [0.1, 0.15) is 0 Å². The van der Waals surface area contributed by atoms with Crippen molar-refractivity contribution in [3.8, 4) is 0 Å². The predicted octanol–water partition coefficient (Wildman–Crippen LogP) is 5.14. The van der Waals surface area contributed by atoms with Crippen molar-refractivity contribution in [2.24, 2.45) is 0 Å². The smallest absolute Gasteiger partial charge is 0.225 e. The summed E-state index contributed by atoms with van der Waals surface area (Å²) in [6, 6.07) is 19.1. The molecule has 0 radical (unpaired) electrons. The second kappa shape index (κ2) is 9.02. The van der Waals surface area contributed by atoms with Gasteiger partial charge in [0.15, 0.2) is 0 Å². The van der Waals surface area contributed by atoms with Crippen LogP contribution in [0, 0.1) is 0 Å². The Kier molecular flexibility index (Phi) is 6.21. The van der Waals surface area contributed by atoms with E-state index in [0.717, 1.165) is 17.5 Å². The van der Waals surface area contributed by atoms with E-state index in [1.54, 1.807) is 23.5 Å². The first kappa shape index (κ1) is 20.6. The molecule has 4 rings (SSSR count). The van der Waals surface area contributed by atoms with Crippen LogP contribution in [0.3, 0.4) is 0 Å². The lowest BCUT2D eigenvalue weighted by molar-refractivity contribution is -0.134. The van der Waals surface area contributed by atoms with Crippen LogP contribution in [-0.4, -0.2) is 23.3 Å². The largest absolute Gasteiger partial charge is 0.349 e. The van der Waals surface area contributed by atoms with Crippen molar-refractivity contribution in [2.45, 2.75) is 31.8 Å². The summed E-state index contributed by atoms with van der Waals surface area (Å²) in [5.41, 5.74) is 3.17. The summed E-state index contributed by atoms with van der Waals surface area (Å²) in [5, 5.41) is 5.65. The van der Waals surface area contributed by atoms with Crippen molar-refractivity contribution in [2.75, 3.05) is 6.54 Å². The van der Waals surface area contributed by atoms with Crippen LogP contribution in [0.5, 0.6) is 0 Å². The zero-order valence-electron chi connectivity index (χ0n) is 16.7. The number of nitrogens with zero attached hydrogens (tertiary/aromatic N) is 1. The molecule has 0 aliphatic carbocycles. The summed E-state index contributed by atoms with van der Waals surface area (Å²) in [5.74, 6) is -0.143. The molecule has 2 amide bonds. The number of hydrogen-bond acceptors (Lipinski definition) is 3. The van der Waals surface area contributed by atoms with Crippen LogP contribution in [-0.2, 0) is 16.0 Å². The Labute approximate surface area is 185 Å². The molecule has 3 aromatic rings. The van der Waals surface area contributed by atoms with E-state index in [9.17, 15) is 9.59 Å². The second-order valence-electron chi connectivity index (χ2n) is 7.46. The number of hydrogen-bond donors (Lipinski definition) is 1. The average molecular weight is 439 g/mol. The lowest BCUT2D eigenvalue weighted by atomic mass is 9.92. The molecule has 2 aromatic carbocycles. The molecule has 0 unspecified atom stereocenters. The van der Waals surface area contributed by atoms with Gasteiger partial charge in [0, 0.05) is 23.4 Å². The summed E-state index contributed by atoms with van der Waals surface area (Å²) < 4.78 is 0. The molecule has 0 fully saturated rings. The zero-order chi connectivity index (χ0) is 21.1. The first-order valence-electron chi connectivity index (χ1n) is 9.96. The third-order valence-electron chi connectivity index (χ3n) is 5.43. The molecule has 0 saturated heterocycles. The molecule has 6 heteroatoms. The molecule has 1 aliphatic rings.